The Morgan fingerprint density at radius 1 is 1.39 bits per heavy atom. The first-order chi connectivity index (χ1) is 8.72. The van der Waals surface area contributed by atoms with E-state index in [-0.39, 0.29) is 30.5 Å². The van der Waals surface area contributed by atoms with Gasteiger partial charge in [0.15, 0.2) is 0 Å². The highest BCUT2D eigenvalue weighted by molar-refractivity contribution is 5.81. The number of ether oxygens (including phenoxy) is 1. The molecule has 3 fully saturated rings. The molecule has 0 aromatic carbocycles. The highest BCUT2D eigenvalue weighted by Gasteiger charge is 2.50. The SMILES string of the molecule is NC1C2CCC(C2)C1C(=O)N1CCOCC1CO. The zero-order chi connectivity index (χ0) is 12.7. The number of aliphatic hydroxyl groups excluding tert-OH is 1. The maximum atomic E-state index is 12.6. The van der Waals surface area contributed by atoms with Crippen molar-refractivity contribution in [2.45, 2.75) is 31.3 Å². The van der Waals surface area contributed by atoms with Gasteiger partial charge in [-0.2, -0.15) is 0 Å². The van der Waals surface area contributed by atoms with Gasteiger partial charge in [0.25, 0.3) is 0 Å². The average molecular weight is 254 g/mol. The van der Waals surface area contributed by atoms with E-state index in [0.29, 0.717) is 31.6 Å². The lowest BCUT2D eigenvalue weighted by molar-refractivity contribution is -0.148. The van der Waals surface area contributed by atoms with Crippen molar-refractivity contribution in [2.24, 2.45) is 23.5 Å². The lowest BCUT2D eigenvalue weighted by Crippen LogP contribution is -2.55. The van der Waals surface area contributed by atoms with Crippen LogP contribution in [0.1, 0.15) is 19.3 Å². The van der Waals surface area contributed by atoms with Gasteiger partial charge in [-0.25, -0.2) is 0 Å². The van der Waals surface area contributed by atoms with E-state index in [1.54, 1.807) is 4.90 Å². The summed E-state index contributed by atoms with van der Waals surface area (Å²) < 4.78 is 5.32. The number of fused-ring (bicyclic) bond motifs is 2. The summed E-state index contributed by atoms with van der Waals surface area (Å²) in [5.74, 6) is 1.14. The Balaban J connectivity index is 1.73. The predicted molar refractivity (Wildman–Crippen MR) is 65.7 cm³/mol. The molecule has 5 atom stereocenters. The summed E-state index contributed by atoms with van der Waals surface area (Å²) in [4.78, 5) is 14.4. The highest BCUT2D eigenvalue weighted by atomic mass is 16.5. The molecular weight excluding hydrogens is 232 g/mol. The number of morpholine rings is 1. The first-order valence-electron chi connectivity index (χ1n) is 6.97. The fourth-order valence-corrected chi connectivity index (χ4v) is 3.99. The van der Waals surface area contributed by atoms with Crippen LogP contribution in [0.25, 0.3) is 0 Å². The molecule has 0 spiro atoms. The van der Waals surface area contributed by atoms with Gasteiger partial charge in [0, 0.05) is 12.6 Å². The molecule has 3 aliphatic rings. The summed E-state index contributed by atoms with van der Waals surface area (Å²) in [6.45, 7) is 1.57. The normalized spacial score (nSPS) is 43.4. The van der Waals surface area contributed by atoms with Gasteiger partial charge >= 0.3 is 0 Å². The molecule has 102 valence electrons. The fraction of sp³-hybridized carbons (Fsp3) is 0.923. The zero-order valence-corrected chi connectivity index (χ0v) is 10.6. The third-order valence-corrected chi connectivity index (χ3v) is 4.99. The van der Waals surface area contributed by atoms with Crippen molar-refractivity contribution < 1.29 is 14.6 Å². The van der Waals surface area contributed by atoms with Gasteiger partial charge in [-0.1, -0.05) is 0 Å². The number of hydrogen-bond donors (Lipinski definition) is 2. The van der Waals surface area contributed by atoms with Crippen LogP contribution in [0.5, 0.6) is 0 Å². The molecule has 5 unspecified atom stereocenters. The molecule has 0 aromatic heterocycles. The van der Waals surface area contributed by atoms with E-state index in [1.165, 1.54) is 6.42 Å². The first-order valence-corrected chi connectivity index (χ1v) is 6.97. The summed E-state index contributed by atoms with van der Waals surface area (Å²) >= 11 is 0. The molecule has 1 saturated heterocycles. The van der Waals surface area contributed by atoms with Gasteiger partial charge < -0.3 is 20.5 Å². The molecule has 0 radical (unpaired) electrons. The monoisotopic (exact) mass is 254 g/mol. The molecule has 1 amide bonds. The molecule has 1 aliphatic heterocycles. The van der Waals surface area contributed by atoms with Crippen molar-refractivity contribution in [1.82, 2.24) is 4.90 Å². The number of carbonyl (C=O) groups is 1. The molecule has 2 aliphatic carbocycles. The Labute approximate surface area is 107 Å². The Bertz CT molecular complexity index is 334. The second-order valence-electron chi connectivity index (χ2n) is 5.88. The van der Waals surface area contributed by atoms with Crippen LogP contribution in [-0.2, 0) is 9.53 Å². The Morgan fingerprint density at radius 3 is 2.83 bits per heavy atom. The number of nitrogens with zero attached hydrogens (tertiary/aromatic N) is 1. The maximum Gasteiger partial charge on any atom is 0.228 e. The van der Waals surface area contributed by atoms with E-state index in [2.05, 4.69) is 0 Å². The summed E-state index contributed by atoms with van der Waals surface area (Å²) in [6, 6.07) is -0.156. The molecule has 1 heterocycles. The van der Waals surface area contributed by atoms with E-state index in [4.69, 9.17) is 10.5 Å². The number of aliphatic hydroxyl groups is 1. The van der Waals surface area contributed by atoms with E-state index in [9.17, 15) is 9.90 Å². The lowest BCUT2D eigenvalue weighted by atomic mass is 9.83. The summed E-state index contributed by atoms with van der Waals surface area (Å²) in [5, 5.41) is 9.35. The molecular formula is C13H22N2O3. The third kappa shape index (κ3) is 1.85. The van der Waals surface area contributed by atoms with Crippen LogP contribution >= 0.6 is 0 Å². The molecule has 3 N–H and O–H groups in total. The van der Waals surface area contributed by atoms with E-state index >= 15 is 0 Å². The standard InChI is InChI=1S/C13H22N2O3/c14-12-9-2-1-8(5-9)11(12)13(17)15-3-4-18-7-10(15)6-16/h8-12,16H,1-7,14H2. The van der Waals surface area contributed by atoms with Crippen LogP contribution < -0.4 is 5.73 Å². The van der Waals surface area contributed by atoms with Gasteiger partial charge in [-0.05, 0) is 31.1 Å². The van der Waals surface area contributed by atoms with E-state index in [0.717, 1.165) is 12.8 Å². The summed E-state index contributed by atoms with van der Waals surface area (Å²) in [6.07, 6.45) is 3.44. The van der Waals surface area contributed by atoms with Gasteiger partial charge in [-0.3, -0.25) is 4.79 Å². The van der Waals surface area contributed by atoms with Crippen molar-refractivity contribution >= 4 is 5.91 Å². The van der Waals surface area contributed by atoms with Crippen LogP contribution in [0.4, 0.5) is 0 Å². The van der Waals surface area contributed by atoms with E-state index < -0.39 is 0 Å². The van der Waals surface area contributed by atoms with Crippen LogP contribution in [0.15, 0.2) is 0 Å². The van der Waals surface area contributed by atoms with E-state index in [1.807, 2.05) is 0 Å². The molecule has 2 bridgehead atoms. The lowest BCUT2D eigenvalue weighted by Gasteiger charge is -2.39. The Kier molecular flexibility index (Phi) is 3.30. The Hall–Kier alpha value is -0.650. The van der Waals surface area contributed by atoms with Gasteiger partial charge in [0.1, 0.15) is 0 Å². The van der Waals surface area contributed by atoms with Gasteiger partial charge in [0.05, 0.1) is 31.8 Å². The molecule has 2 saturated carbocycles. The Morgan fingerprint density at radius 2 is 2.17 bits per heavy atom. The topological polar surface area (TPSA) is 75.8 Å². The summed E-state index contributed by atoms with van der Waals surface area (Å²) in [7, 11) is 0. The van der Waals surface area contributed by atoms with Crippen LogP contribution in [0.3, 0.4) is 0 Å². The maximum absolute atomic E-state index is 12.6. The third-order valence-electron chi connectivity index (χ3n) is 4.99. The van der Waals surface area contributed by atoms with Gasteiger partial charge in [0.2, 0.25) is 5.91 Å². The van der Waals surface area contributed by atoms with Crippen molar-refractivity contribution in [3.63, 3.8) is 0 Å². The summed E-state index contributed by atoms with van der Waals surface area (Å²) in [5.41, 5.74) is 6.22. The molecule has 3 rings (SSSR count). The minimum Gasteiger partial charge on any atom is -0.394 e. The molecule has 5 nitrogen and oxygen atoms in total. The number of hydrogen-bond acceptors (Lipinski definition) is 4. The van der Waals surface area contributed by atoms with Gasteiger partial charge in [-0.15, -0.1) is 0 Å². The number of amides is 1. The first kappa shape index (κ1) is 12.4. The van der Waals surface area contributed by atoms with Crippen molar-refractivity contribution in [2.75, 3.05) is 26.4 Å². The van der Waals surface area contributed by atoms with Crippen molar-refractivity contribution in [1.29, 1.82) is 0 Å². The number of carbonyl (C=O) groups excluding carboxylic acids is 1. The zero-order valence-electron chi connectivity index (χ0n) is 10.6. The highest BCUT2D eigenvalue weighted by Crippen LogP contribution is 2.48. The smallest absolute Gasteiger partial charge is 0.228 e. The largest absolute Gasteiger partial charge is 0.394 e. The number of nitrogens with two attached hydrogens (primary N) is 1. The van der Waals surface area contributed by atoms with Crippen molar-refractivity contribution in [3.8, 4) is 0 Å². The minimum atomic E-state index is -0.183. The quantitative estimate of drug-likeness (QED) is 0.702. The fourth-order valence-electron chi connectivity index (χ4n) is 3.99. The van der Waals surface area contributed by atoms with Crippen LogP contribution in [0.2, 0.25) is 0 Å². The van der Waals surface area contributed by atoms with Crippen LogP contribution in [-0.4, -0.2) is 54.4 Å². The average Bonchev–Trinajstić information content (AvgIpc) is 2.98. The van der Waals surface area contributed by atoms with Crippen LogP contribution in [0, 0.1) is 17.8 Å². The minimum absolute atomic E-state index is 0.0177. The second kappa shape index (κ2) is 4.79. The second-order valence-corrected chi connectivity index (χ2v) is 5.88. The predicted octanol–water partition coefficient (Wildman–Crippen LogP) is -0.420. The number of rotatable bonds is 2. The molecule has 18 heavy (non-hydrogen) atoms. The molecule has 0 aromatic rings. The van der Waals surface area contributed by atoms with Crippen molar-refractivity contribution in [3.05, 3.63) is 0 Å². The molecule has 5 heteroatoms.